The second-order valence-electron chi connectivity index (χ2n) is 25.4. The highest BCUT2D eigenvalue weighted by molar-refractivity contribution is 5.48. The normalized spacial score (nSPS) is 25.0. The van der Waals surface area contributed by atoms with Crippen molar-refractivity contribution in [2.75, 3.05) is 11.5 Å². The summed E-state index contributed by atoms with van der Waals surface area (Å²) in [4.78, 5) is 0. The number of rotatable bonds is 20. The second kappa shape index (κ2) is 29.0. The van der Waals surface area contributed by atoms with Gasteiger partial charge in [0, 0.05) is 16.8 Å². The molecule has 0 radical (unpaired) electrons. The van der Waals surface area contributed by atoms with Crippen molar-refractivity contribution in [3.8, 4) is 23.0 Å². The Kier molecular flexibility index (Phi) is 24.5. The highest BCUT2D eigenvalue weighted by Gasteiger charge is 2.57. The summed E-state index contributed by atoms with van der Waals surface area (Å²) in [5, 5.41) is 0. The van der Waals surface area contributed by atoms with E-state index in [1.807, 2.05) is 76.2 Å². The van der Waals surface area contributed by atoms with Crippen LogP contribution in [0.4, 0.5) is 11.4 Å². The van der Waals surface area contributed by atoms with Gasteiger partial charge in [0.05, 0.1) is 0 Å². The van der Waals surface area contributed by atoms with Crippen LogP contribution in [0.1, 0.15) is 219 Å². The lowest BCUT2D eigenvalue weighted by Gasteiger charge is -2.57. The van der Waals surface area contributed by atoms with Crippen molar-refractivity contribution in [1.29, 1.82) is 0 Å². The van der Waals surface area contributed by atoms with Crippen LogP contribution in [0.5, 0.6) is 23.0 Å². The standard InChI is InChI=1S/C52H68N2O2.C15H32.2C2H6/c1-8-50(6)48(36(4)11-9-10-35(2)3)30-31-49(50)47-29-16-40-34-52(33-32-51(40,7)37(47)5,38-12-21-43(22-13-38)55-45-25-17-41(53)18-26-45)39-14-23-44(24-15-39)56-46-27-19-42(54)20-28-46;1-8-15(6,7)14(5)13(4)11-9-10-12(2)3;2*1-2/h12-29,35-37,40,47-49H,8-11,30-34,53-54H2,1-7H3;12-14H,8-11H2,1-7H3;2*1-2H3. The van der Waals surface area contributed by atoms with Crippen LogP contribution in [-0.4, -0.2) is 0 Å². The van der Waals surface area contributed by atoms with Crippen molar-refractivity contribution in [1.82, 2.24) is 0 Å². The van der Waals surface area contributed by atoms with E-state index in [1.54, 1.807) is 0 Å². The smallest absolute Gasteiger partial charge is 0.127 e. The summed E-state index contributed by atoms with van der Waals surface area (Å²) in [5.74, 6) is 10.8. The number of nitrogens with two attached hydrogens (primary N) is 2. The number of ether oxygens (including phenoxy) is 2. The molecule has 418 valence electrons. The average Bonchev–Trinajstić information content (AvgIpc) is 3.76. The molecule has 4 N–H and O–H groups in total. The molecule has 0 aromatic heterocycles. The largest absolute Gasteiger partial charge is 0.457 e. The summed E-state index contributed by atoms with van der Waals surface area (Å²) < 4.78 is 12.5. The van der Waals surface area contributed by atoms with E-state index in [9.17, 15) is 0 Å². The maximum atomic E-state index is 6.26. The van der Waals surface area contributed by atoms with Crippen LogP contribution in [0.3, 0.4) is 0 Å². The number of hydrogen-bond acceptors (Lipinski definition) is 4. The van der Waals surface area contributed by atoms with E-state index in [1.165, 1.54) is 81.8 Å². The Morgan fingerprint density at radius 2 is 1.03 bits per heavy atom. The van der Waals surface area contributed by atoms with Crippen LogP contribution >= 0.6 is 0 Å². The van der Waals surface area contributed by atoms with Crippen LogP contribution in [0, 0.1) is 75.4 Å². The van der Waals surface area contributed by atoms with Gasteiger partial charge in [-0.25, -0.2) is 0 Å². The molecule has 3 aliphatic rings. The van der Waals surface area contributed by atoms with Gasteiger partial charge in [-0.2, -0.15) is 0 Å². The zero-order valence-electron chi connectivity index (χ0n) is 51.3. The molecule has 0 saturated heterocycles. The number of nitrogen functional groups attached to an aromatic ring is 2. The van der Waals surface area contributed by atoms with E-state index in [0.29, 0.717) is 28.6 Å². The first-order chi connectivity index (χ1) is 35.6. The van der Waals surface area contributed by atoms with Gasteiger partial charge in [0.15, 0.2) is 0 Å². The van der Waals surface area contributed by atoms with Gasteiger partial charge in [-0.1, -0.05) is 212 Å². The van der Waals surface area contributed by atoms with E-state index >= 15 is 0 Å². The van der Waals surface area contributed by atoms with Gasteiger partial charge < -0.3 is 20.9 Å². The molecule has 7 rings (SSSR count). The Morgan fingerprint density at radius 1 is 0.587 bits per heavy atom. The van der Waals surface area contributed by atoms with Crippen molar-refractivity contribution >= 4 is 11.4 Å². The van der Waals surface area contributed by atoms with E-state index < -0.39 is 0 Å². The number of fused-ring (bicyclic) bond motifs is 1. The summed E-state index contributed by atoms with van der Waals surface area (Å²) >= 11 is 0. The predicted molar refractivity (Wildman–Crippen MR) is 329 cm³/mol. The van der Waals surface area contributed by atoms with E-state index in [0.717, 1.165) is 88.6 Å². The van der Waals surface area contributed by atoms with Gasteiger partial charge in [-0.15, -0.1) is 0 Å². The van der Waals surface area contributed by atoms with Crippen molar-refractivity contribution < 1.29 is 9.47 Å². The average molecular weight is 1030 g/mol. The van der Waals surface area contributed by atoms with Gasteiger partial charge in [-0.05, 0) is 191 Å². The molecule has 0 spiro atoms. The summed E-state index contributed by atoms with van der Waals surface area (Å²) in [6.07, 6.45) is 22.4. The number of allylic oxidation sites excluding steroid dienone is 2. The molecule has 0 aliphatic heterocycles. The maximum absolute atomic E-state index is 6.26. The SMILES string of the molecule is CC.CC.CCC(C)(C)C(C)C(C)CCCC(C)C.CCC1(C)C(C(C)CCCC(C)C)CCC1C1C=CC2CC(c3ccc(Oc4ccc(N)cc4)cc3)(c3ccc(Oc4ccc(N)cc4)cc3)CCC2(C)C1C. The zero-order chi connectivity index (χ0) is 55.7. The topological polar surface area (TPSA) is 70.5 Å². The minimum atomic E-state index is -0.137. The van der Waals surface area contributed by atoms with E-state index in [2.05, 4.69) is 158 Å². The Morgan fingerprint density at radius 3 is 1.45 bits per heavy atom. The van der Waals surface area contributed by atoms with Crippen LogP contribution < -0.4 is 20.9 Å². The van der Waals surface area contributed by atoms with Gasteiger partial charge in [0.2, 0.25) is 0 Å². The lowest BCUT2D eigenvalue weighted by atomic mass is 9.47. The number of hydrogen-bond donors (Lipinski definition) is 2. The zero-order valence-corrected chi connectivity index (χ0v) is 51.3. The fourth-order valence-corrected chi connectivity index (χ4v) is 13.9. The minimum absolute atomic E-state index is 0.137. The van der Waals surface area contributed by atoms with Crippen LogP contribution in [0.25, 0.3) is 0 Å². The quantitative estimate of drug-likeness (QED) is 0.0684. The van der Waals surface area contributed by atoms with Crippen LogP contribution in [0.15, 0.2) is 109 Å². The van der Waals surface area contributed by atoms with Gasteiger partial charge in [0.25, 0.3) is 0 Å². The molecule has 0 bridgehead atoms. The summed E-state index contributed by atoms with van der Waals surface area (Å²) in [5.41, 5.74) is 17.0. The molecular formula is C71H112N2O2. The summed E-state index contributed by atoms with van der Waals surface area (Å²) in [7, 11) is 0. The number of anilines is 2. The van der Waals surface area contributed by atoms with Crippen molar-refractivity contribution in [3.05, 3.63) is 120 Å². The minimum Gasteiger partial charge on any atom is -0.457 e. The van der Waals surface area contributed by atoms with Gasteiger partial charge >= 0.3 is 0 Å². The highest BCUT2D eigenvalue weighted by atomic mass is 16.5. The third-order valence-electron chi connectivity index (χ3n) is 20.0. The monoisotopic (exact) mass is 1020 g/mol. The molecule has 10 unspecified atom stereocenters. The number of benzene rings is 4. The maximum Gasteiger partial charge on any atom is 0.127 e. The van der Waals surface area contributed by atoms with Crippen molar-refractivity contribution in [2.45, 2.75) is 214 Å². The van der Waals surface area contributed by atoms with E-state index in [4.69, 9.17) is 20.9 Å². The molecule has 4 heteroatoms. The van der Waals surface area contributed by atoms with Crippen LogP contribution in [0.2, 0.25) is 0 Å². The first-order valence-electron chi connectivity index (χ1n) is 30.6. The summed E-state index contributed by atoms with van der Waals surface area (Å²) in [6, 6.07) is 33.0. The molecular weight excluding hydrogens is 913 g/mol. The van der Waals surface area contributed by atoms with E-state index in [-0.39, 0.29) is 10.8 Å². The predicted octanol–water partition coefficient (Wildman–Crippen LogP) is 21.8. The molecule has 75 heavy (non-hydrogen) atoms. The molecule has 2 saturated carbocycles. The highest BCUT2D eigenvalue weighted by Crippen LogP contribution is 2.64. The van der Waals surface area contributed by atoms with Crippen molar-refractivity contribution in [2.24, 2.45) is 75.4 Å². The Bertz CT molecular complexity index is 2150. The fourth-order valence-electron chi connectivity index (χ4n) is 13.9. The van der Waals surface area contributed by atoms with Gasteiger partial charge in [0.1, 0.15) is 23.0 Å². The van der Waals surface area contributed by atoms with Gasteiger partial charge in [-0.3, -0.25) is 0 Å². The third kappa shape index (κ3) is 16.0. The molecule has 0 heterocycles. The second-order valence-corrected chi connectivity index (χ2v) is 25.4. The Balaban J connectivity index is 0.000000550. The first kappa shape index (κ1) is 63.4. The Hall–Kier alpha value is -4.18. The molecule has 3 aliphatic carbocycles. The molecule has 10 atom stereocenters. The van der Waals surface area contributed by atoms with Crippen molar-refractivity contribution in [3.63, 3.8) is 0 Å². The Labute approximate surface area is 462 Å². The first-order valence-corrected chi connectivity index (χ1v) is 30.6. The molecule has 4 nitrogen and oxygen atoms in total. The summed E-state index contributed by atoms with van der Waals surface area (Å²) in [6.45, 7) is 42.4. The molecule has 4 aromatic carbocycles. The fraction of sp³-hybridized carbons (Fsp3) is 0.634. The molecule has 4 aromatic rings. The lowest BCUT2D eigenvalue weighted by Crippen LogP contribution is -2.50. The lowest BCUT2D eigenvalue weighted by molar-refractivity contribution is -0.0204. The molecule has 0 amide bonds. The molecule has 2 fully saturated rings. The third-order valence-corrected chi connectivity index (χ3v) is 20.0. The van der Waals surface area contributed by atoms with Crippen LogP contribution in [-0.2, 0) is 5.41 Å².